The summed E-state index contributed by atoms with van der Waals surface area (Å²) in [5.41, 5.74) is 4.32. The highest BCUT2D eigenvalue weighted by atomic mass is 32.2. The predicted octanol–water partition coefficient (Wildman–Crippen LogP) is 5.89. The van der Waals surface area contributed by atoms with Crippen LogP contribution in [0.2, 0.25) is 0 Å². The van der Waals surface area contributed by atoms with Crippen LogP contribution in [0.25, 0.3) is 22.0 Å². The Kier molecular flexibility index (Phi) is 3.87. The van der Waals surface area contributed by atoms with Crippen LogP contribution in [-0.2, 0) is 0 Å². The number of thioether (sulfide) groups is 1. The van der Waals surface area contributed by atoms with E-state index < -0.39 is 0 Å². The zero-order chi connectivity index (χ0) is 18.4. The maximum absolute atomic E-state index is 12.8. The quantitative estimate of drug-likeness (QED) is 0.441. The Bertz CT molecular complexity index is 1160. The van der Waals surface area contributed by atoms with Crippen molar-refractivity contribution in [2.24, 2.45) is 0 Å². The molecular weight excluding hydrogens is 352 g/mol. The van der Waals surface area contributed by atoms with Crippen LogP contribution in [0.15, 0.2) is 77.8 Å². The molecule has 0 bridgehead atoms. The molecule has 4 aromatic rings. The van der Waals surface area contributed by atoms with Crippen LogP contribution < -0.4 is 0 Å². The third-order valence-electron chi connectivity index (χ3n) is 5.05. The second kappa shape index (κ2) is 6.39. The van der Waals surface area contributed by atoms with E-state index in [9.17, 15) is 4.79 Å². The molecule has 0 amide bonds. The highest BCUT2D eigenvalue weighted by Crippen LogP contribution is 2.44. The zero-order valence-corrected chi connectivity index (χ0v) is 15.7. The van der Waals surface area contributed by atoms with Crippen molar-refractivity contribution in [1.82, 2.24) is 9.78 Å². The van der Waals surface area contributed by atoms with Crippen molar-refractivity contribution in [3.8, 4) is 11.3 Å². The van der Waals surface area contributed by atoms with E-state index in [-0.39, 0.29) is 11.2 Å². The molecule has 5 rings (SSSR count). The molecule has 0 aliphatic carbocycles. The number of hydrogen-bond donors (Lipinski definition) is 0. The molecule has 2 heterocycles. The number of aryl methyl sites for hydroxylation is 1. The summed E-state index contributed by atoms with van der Waals surface area (Å²) in [5, 5.41) is 8.02. The average molecular weight is 370 g/mol. The van der Waals surface area contributed by atoms with Gasteiger partial charge in [0.15, 0.2) is 0 Å². The lowest BCUT2D eigenvalue weighted by Gasteiger charge is -2.22. The van der Waals surface area contributed by atoms with E-state index in [1.807, 2.05) is 12.1 Å². The highest BCUT2D eigenvalue weighted by molar-refractivity contribution is 7.99. The molecule has 4 heteroatoms. The van der Waals surface area contributed by atoms with Gasteiger partial charge in [-0.3, -0.25) is 4.79 Å². The Balaban J connectivity index is 1.54. The molecule has 132 valence electrons. The van der Waals surface area contributed by atoms with Gasteiger partial charge in [0.25, 0.3) is 0 Å². The van der Waals surface area contributed by atoms with Gasteiger partial charge in [0.05, 0.1) is 5.69 Å². The molecule has 1 unspecified atom stereocenters. The third kappa shape index (κ3) is 2.86. The van der Waals surface area contributed by atoms with Crippen LogP contribution in [0.1, 0.15) is 27.6 Å². The van der Waals surface area contributed by atoms with Crippen LogP contribution in [0, 0.1) is 6.92 Å². The van der Waals surface area contributed by atoms with Crippen molar-refractivity contribution in [2.75, 3.05) is 0 Å². The fourth-order valence-electron chi connectivity index (χ4n) is 3.63. The predicted molar refractivity (Wildman–Crippen MR) is 110 cm³/mol. The van der Waals surface area contributed by atoms with Gasteiger partial charge in [0.2, 0.25) is 5.91 Å². The first-order valence-corrected chi connectivity index (χ1v) is 9.91. The second-order valence-electron chi connectivity index (χ2n) is 6.92. The van der Waals surface area contributed by atoms with Crippen molar-refractivity contribution in [3.05, 3.63) is 83.9 Å². The summed E-state index contributed by atoms with van der Waals surface area (Å²) < 4.78 is 1.57. The number of rotatable bonds is 2. The number of hydrogen-bond acceptors (Lipinski definition) is 3. The molecule has 1 aliphatic heterocycles. The molecule has 3 nitrogen and oxygen atoms in total. The molecule has 0 N–H and O–H groups in total. The molecule has 1 aromatic heterocycles. The molecule has 0 saturated heterocycles. The molecule has 27 heavy (non-hydrogen) atoms. The maximum Gasteiger partial charge on any atom is 0.249 e. The fraction of sp³-hybridized carbons (Fsp3) is 0.130. The first-order valence-electron chi connectivity index (χ1n) is 9.04. The average Bonchev–Trinajstić information content (AvgIpc) is 3.13. The van der Waals surface area contributed by atoms with Crippen LogP contribution in [0.5, 0.6) is 0 Å². The van der Waals surface area contributed by atoms with E-state index in [1.54, 1.807) is 16.4 Å². The van der Waals surface area contributed by atoms with E-state index in [0.717, 1.165) is 16.3 Å². The monoisotopic (exact) mass is 370 g/mol. The fourth-order valence-corrected chi connectivity index (χ4v) is 4.90. The van der Waals surface area contributed by atoms with Crippen LogP contribution >= 0.6 is 11.8 Å². The first kappa shape index (κ1) is 16.3. The van der Waals surface area contributed by atoms with Crippen LogP contribution in [0.4, 0.5) is 0 Å². The molecule has 0 saturated carbocycles. The van der Waals surface area contributed by atoms with Gasteiger partial charge in [0.1, 0.15) is 5.03 Å². The number of carbonyl (C=O) groups excluding carboxylic acids is 1. The number of nitrogens with zero attached hydrogens (tertiary/aromatic N) is 2. The van der Waals surface area contributed by atoms with Gasteiger partial charge in [-0.05, 0) is 29.3 Å². The first-order chi connectivity index (χ1) is 13.2. The zero-order valence-electron chi connectivity index (χ0n) is 14.9. The second-order valence-corrected chi connectivity index (χ2v) is 8.14. The number of benzene rings is 3. The van der Waals surface area contributed by atoms with E-state index >= 15 is 0 Å². The van der Waals surface area contributed by atoms with Gasteiger partial charge in [-0.15, -0.1) is 0 Å². The van der Waals surface area contributed by atoms with Crippen LogP contribution in [0.3, 0.4) is 0 Å². The van der Waals surface area contributed by atoms with E-state index in [1.165, 1.54) is 21.9 Å². The molecule has 1 atom stereocenters. The molecular formula is C23H18N2OS. The molecule has 0 radical (unpaired) electrons. The number of fused-ring (bicyclic) bond motifs is 2. The normalized spacial score (nSPS) is 16.5. The number of carbonyl (C=O) groups is 1. The van der Waals surface area contributed by atoms with Crippen molar-refractivity contribution in [3.63, 3.8) is 0 Å². The molecule has 3 aromatic carbocycles. The Morgan fingerprint density at radius 3 is 2.63 bits per heavy atom. The molecule has 0 fully saturated rings. The maximum atomic E-state index is 12.8. The van der Waals surface area contributed by atoms with Gasteiger partial charge in [-0.1, -0.05) is 84.1 Å². The standard InChI is InChI=1S/C23H18N2OS/c1-15-9-11-17(12-10-15)20-13-23-25(24-20)22(26)14-21(27-23)19-8-4-6-16-5-2-3-7-18(16)19/h2-13,21H,14H2,1H3. The van der Waals surface area contributed by atoms with Gasteiger partial charge in [-0.25, -0.2) is 0 Å². The Morgan fingerprint density at radius 2 is 1.78 bits per heavy atom. The summed E-state index contributed by atoms with van der Waals surface area (Å²) >= 11 is 1.73. The van der Waals surface area contributed by atoms with Gasteiger partial charge < -0.3 is 0 Å². The van der Waals surface area contributed by atoms with E-state index in [4.69, 9.17) is 0 Å². The van der Waals surface area contributed by atoms with E-state index in [2.05, 4.69) is 72.7 Å². The number of aromatic nitrogens is 2. The van der Waals surface area contributed by atoms with Crippen molar-refractivity contribution in [2.45, 2.75) is 23.6 Å². The SMILES string of the molecule is Cc1ccc(-c2cc3n(n2)C(=O)CC(c2cccc4ccccc24)S3)cc1. The topological polar surface area (TPSA) is 34.9 Å². The Labute approximate surface area is 162 Å². The lowest BCUT2D eigenvalue weighted by molar-refractivity contribution is 0.0870. The summed E-state index contributed by atoms with van der Waals surface area (Å²) in [5.74, 6) is 0.0556. The lowest BCUT2D eigenvalue weighted by Crippen LogP contribution is -2.20. The van der Waals surface area contributed by atoms with Crippen molar-refractivity contribution >= 4 is 28.4 Å². The Morgan fingerprint density at radius 1 is 1.00 bits per heavy atom. The lowest BCUT2D eigenvalue weighted by atomic mass is 10.0. The highest BCUT2D eigenvalue weighted by Gasteiger charge is 2.29. The van der Waals surface area contributed by atoms with Gasteiger partial charge >= 0.3 is 0 Å². The Hall–Kier alpha value is -2.85. The van der Waals surface area contributed by atoms with Gasteiger partial charge in [0, 0.05) is 17.2 Å². The van der Waals surface area contributed by atoms with Crippen molar-refractivity contribution in [1.29, 1.82) is 0 Å². The third-order valence-corrected chi connectivity index (χ3v) is 6.29. The minimum atomic E-state index is 0.0556. The summed E-state index contributed by atoms with van der Waals surface area (Å²) in [6.07, 6.45) is 0.459. The molecule has 0 spiro atoms. The van der Waals surface area contributed by atoms with E-state index in [0.29, 0.717) is 6.42 Å². The van der Waals surface area contributed by atoms with Gasteiger partial charge in [-0.2, -0.15) is 9.78 Å². The largest absolute Gasteiger partial charge is 0.272 e. The molecule has 1 aliphatic rings. The van der Waals surface area contributed by atoms with Crippen molar-refractivity contribution < 1.29 is 4.79 Å². The summed E-state index contributed by atoms with van der Waals surface area (Å²) in [4.78, 5) is 12.8. The van der Waals surface area contributed by atoms with Crippen LogP contribution in [-0.4, -0.2) is 15.7 Å². The minimum Gasteiger partial charge on any atom is -0.272 e. The summed E-state index contributed by atoms with van der Waals surface area (Å²) in [6, 6.07) is 25.0. The minimum absolute atomic E-state index is 0.0556. The summed E-state index contributed by atoms with van der Waals surface area (Å²) in [7, 11) is 0. The summed E-state index contributed by atoms with van der Waals surface area (Å²) in [6.45, 7) is 2.07. The smallest absolute Gasteiger partial charge is 0.249 e.